The highest BCUT2D eigenvalue weighted by Crippen LogP contribution is 2.39. The molecular weight excluding hydrogens is 184 g/mol. The van der Waals surface area contributed by atoms with Crippen molar-refractivity contribution in [3.63, 3.8) is 0 Å². The smallest absolute Gasteiger partial charge is 0.0247 e. The van der Waals surface area contributed by atoms with Crippen LogP contribution in [-0.2, 0) is 0 Å². The quantitative estimate of drug-likeness (QED) is 0.754. The molecule has 2 nitrogen and oxygen atoms in total. The molecule has 0 amide bonds. The Balaban J connectivity index is 1.94. The van der Waals surface area contributed by atoms with Crippen molar-refractivity contribution in [2.24, 2.45) is 17.6 Å². The van der Waals surface area contributed by atoms with Crippen molar-refractivity contribution in [2.75, 3.05) is 13.1 Å². The van der Waals surface area contributed by atoms with Gasteiger partial charge in [0.25, 0.3) is 0 Å². The first-order valence-electron chi connectivity index (χ1n) is 6.72. The number of nitrogens with two attached hydrogens (primary N) is 1. The summed E-state index contributed by atoms with van der Waals surface area (Å²) >= 11 is 0. The Morgan fingerprint density at radius 3 is 2.67 bits per heavy atom. The van der Waals surface area contributed by atoms with Crippen LogP contribution in [0.4, 0.5) is 0 Å². The molecule has 0 aromatic heterocycles. The fraction of sp³-hybridized carbons (Fsp3) is 1.00. The predicted molar refractivity (Wildman–Crippen MR) is 64.7 cm³/mol. The van der Waals surface area contributed by atoms with Gasteiger partial charge in [0.15, 0.2) is 0 Å². The maximum atomic E-state index is 5.97. The molecule has 2 aliphatic rings. The third-order valence-corrected chi connectivity index (χ3v) is 4.52. The van der Waals surface area contributed by atoms with Crippen molar-refractivity contribution in [2.45, 2.75) is 58.0 Å². The van der Waals surface area contributed by atoms with E-state index in [1.165, 1.54) is 38.6 Å². The van der Waals surface area contributed by atoms with Crippen molar-refractivity contribution in [3.8, 4) is 0 Å². The van der Waals surface area contributed by atoms with Crippen LogP contribution in [-0.4, -0.2) is 30.1 Å². The van der Waals surface area contributed by atoms with Gasteiger partial charge in [-0.25, -0.2) is 0 Å². The van der Waals surface area contributed by atoms with Crippen LogP contribution in [0.2, 0.25) is 0 Å². The number of fused-ring (bicyclic) bond motifs is 2. The van der Waals surface area contributed by atoms with Crippen molar-refractivity contribution in [3.05, 3.63) is 0 Å². The Morgan fingerprint density at radius 1 is 1.40 bits per heavy atom. The largest absolute Gasteiger partial charge is 0.329 e. The molecule has 4 atom stereocenters. The number of hydrogen-bond donors (Lipinski definition) is 1. The van der Waals surface area contributed by atoms with E-state index in [1.54, 1.807) is 0 Å². The molecule has 0 aromatic rings. The molecule has 1 saturated heterocycles. The summed E-state index contributed by atoms with van der Waals surface area (Å²) in [6.07, 6.45) is 6.98. The Hall–Kier alpha value is -0.0800. The van der Waals surface area contributed by atoms with Gasteiger partial charge in [-0.05, 0) is 37.5 Å². The Kier molecular flexibility index (Phi) is 3.68. The minimum Gasteiger partial charge on any atom is -0.329 e. The first kappa shape index (κ1) is 11.4. The molecule has 2 fully saturated rings. The van der Waals surface area contributed by atoms with Gasteiger partial charge in [-0.15, -0.1) is 0 Å². The van der Waals surface area contributed by atoms with E-state index >= 15 is 0 Å². The lowest BCUT2D eigenvalue weighted by atomic mass is 9.94. The highest BCUT2D eigenvalue weighted by molar-refractivity contribution is 4.96. The van der Waals surface area contributed by atoms with Crippen LogP contribution < -0.4 is 5.73 Å². The monoisotopic (exact) mass is 210 g/mol. The van der Waals surface area contributed by atoms with Crippen LogP contribution in [0.1, 0.15) is 46.0 Å². The molecule has 88 valence electrons. The third-order valence-electron chi connectivity index (χ3n) is 4.52. The number of rotatable bonds is 5. The van der Waals surface area contributed by atoms with Crippen molar-refractivity contribution in [1.29, 1.82) is 0 Å². The van der Waals surface area contributed by atoms with E-state index in [0.29, 0.717) is 6.04 Å². The molecule has 2 heteroatoms. The standard InChI is InChI=1S/C13H26N2/c1-3-4-10(2)13(8-14)15-9-11-5-6-12(15)7-11/h10-13H,3-9,14H2,1-2H3. The lowest BCUT2D eigenvalue weighted by Gasteiger charge is -2.37. The highest BCUT2D eigenvalue weighted by atomic mass is 15.2. The van der Waals surface area contributed by atoms with Crippen LogP contribution in [0.3, 0.4) is 0 Å². The van der Waals surface area contributed by atoms with Gasteiger partial charge in [0.05, 0.1) is 0 Å². The van der Waals surface area contributed by atoms with Gasteiger partial charge in [0.2, 0.25) is 0 Å². The van der Waals surface area contributed by atoms with E-state index in [2.05, 4.69) is 18.7 Å². The summed E-state index contributed by atoms with van der Waals surface area (Å²) in [6.45, 7) is 6.85. The zero-order valence-electron chi connectivity index (χ0n) is 10.3. The molecule has 1 heterocycles. The molecule has 2 bridgehead atoms. The average Bonchev–Trinajstić information content (AvgIpc) is 2.81. The van der Waals surface area contributed by atoms with Gasteiger partial charge in [-0.1, -0.05) is 20.3 Å². The lowest BCUT2D eigenvalue weighted by molar-refractivity contribution is 0.111. The lowest BCUT2D eigenvalue weighted by Crippen LogP contribution is -2.48. The van der Waals surface area contributed by atoms with Gasteiger partial charge in [-0.3, -0.25) is 4.90 Å². The predicted octanol–water partition coefficient (Wildman–Crippen LogP) is 2.23. The fourth-order valence-electron chi connectivity index (χ4n) is 3.71. The van der Waals surface area contributed by atoms with E-state index in [-0.39, 0.29) is 0 Å². The minimum atomic E-state index is 0.653. The van der Waals surface area contributed by atoms with Crippen molar-refractivity contribution in [1.82, 2.24) is 4.90 Å². The molecule has 0 aromatic carbocycles. The van der Waals surface area contributed by atoms with Gasteiger partial charge < -0.3 is 5.73 Å². The van der Waals surface area contributed by atoms with Gasteiger partial charge in [0.1, 0.15) is 0 Å². The van der Waals surface area contributed by atoms with E-state index in [9.17, 15) is 0 Å². The first-order chi connectivity index (χ1) is 7.26. The summed E-state index contributed by atoms with van der Waals surface area (Å²) in [5.41, 5.74) is 5.97. The fourth-order valence-corrected chi connectivity index (χ4v) is 3.71. The van der Waals surface area contributed by atoms with Crippen molar-refractivity contribution < 1.29 is 0 Å². The second kappa shape index (κ2) is 4.84. The SMILES string of the molecule is CCCC(C)C(CN)N1CC2CCC1C2. The van der Waals surface area contributed by atoms with Crippen LogP contribution in [0, 0.1) is 11.8 Å². The zero-order valence-corrected chi connectivity index (χ0v) is 10.3. The molecule has 1 aliphatic heterocycles. The second-order valence-corrected chi connectivity index (χ2v) is 5.60. The molecule has 1 saturated carbocycles. The van der Waals surface area contributed by atoms with E-state index in [4.69, 9.17) is 5.73 Å². The summed E-state index contributed by atoms with van der Waals surface area (Å²) in [5, 5.41) is 0. The summed E-state index contributed by atoms with van der Waals surface area (Å²) < 4.78 is 0. The zero-order chi connectivity index (χ0) is 10.8. The Morgan fingerprint density at radius 2 is 2.20 bits per heavy atom. The van der Waals surface area contributed by atoms with Crippen LogP contribution in [0.25, 0.3) is 0 Å². The van der Waals surface area contributed by atoms with Crippen LogP contribution in [0.5, 0.6) is 0 Å². The van der Waals surface area contributed by atoms with Crippen molar-refractivity contribution >= 4 is 0 Å². The van der Waals surface area contributed by atoms with Crippen LogP contribution >= 0.6 is 0 Å². The molecule has 15 heavy (non-hydrogen) atoms. The maximum absolute atomic E-state index is 5.97. The Bertz CT molecular complexity index is 205. The first-order valence-corrected chi connectivity index (χ1v) is 6.72. The second-order valence-electron chi connectivity index (χ2n) is 5.60. The summed E-state index contributed by atoms with van der Waals surface area (Å²) in [4.78, 5) is 2.73. The molecule has 2 rings (SSSR count). The Labute approximate surface area is 94.2 Å². The van der Waals surface area contributed by atoms with Gasteiger partial charge in [0, 0.05) is 25.2 Å². The number of likely N-dealkylation sites (tertiary alicyclic amines) is 1. The molecule has 4 unspecified atom stereocenters. The van der Waals surface area contributed by atoms with Gasteiger partial charge >= 0.3 is 0 Å². The van der Waals surface area contributed by atoms with Gasteiger partial charge in [-0.2, -0.15) is 0 Å². The number of hydrogen-bond acceptors (Lipinski definition) is 2. The van der Waals surface area contributed by atoms with E-state index < -0.39 is 0 Å². The summed E-state index contributed by atoms with van der Waals surface area (Å²) in [5.74, 6) is 1.78. The highest BCUT2D eigenvalue weighted by Gasteiger charge is 2.41. The molecule has 1 aliphatic carbocycles. The third kappa shape index (κ3) is 2.21. The average molecular weight is 210 g/mol. The topological polar surface area (TPSA) is 29.3 Å². The maximum Gasteiger partial charge on any atom is 0.0247 e. The molecular formula is C13H26N2. The normalized spacial score (nSPS) is 34.6. The molecule has 2 N–H and O–H groups in total. The number of piperidine rings is 1. The number of nitrogens with zero attached hydrogens (tertiary/aromatic N) is 1. The molecule has 0 radical (unpaired) electrons. The molecule has 0 spiro atoms. The van der Waals surface area contributed by atoms with E-state index in [0.717, 1.165) is 24.4 Å². The summed E-state index contributed by atoms with van der Waals surface area (Å²) in [7, 11) is 0. The van der Waals surface area contributed by atoms with E-state index in [1.807, 2.05) is 0 Å². The summed E-state index contributed by atoms with van der Waals surface area (Å²) in [6, 6.07) is 1.53. The minimum absolute atomic E-state index is 0.653. The van der Waals surface area contributed by atoms with Crippen LogP contribution in [0.15, 0.2) is 0 Å².